The van der Waals surface area contributed by atoms with Crippen molar-refractivity contribution in [3.8, 4) is 11.1 Å². The summed E-state index contributed by atoms with van der Waals surface area (Å²) in [6.07, 6.45) is 0.319. The molecule has 0 spiro atoms. The maximum Gasteiger partial charge on any atom is 0.407 e. The summed E-state index contributed by atoms with van der Waals surface area (Å²) in [7, 11) is 0. The average Bonchev–Trinajstić information content (AvgIpc) is 3.31. The number of fused-ring (bicyclic) bond motifs is 3. The number of carbonyl (C=O) groups is 3. The first-order valence-corrected chi connectivity index (χ1v) is 13.7. The van der Waals surface area contributed by atoms with E-state index in [1.54, 1.807) is 6.92 Å². The molecular weight excluding hydrogens is 508 g/mol. The van der Waals surface area contributed by atoms with Crippen LogP contribution in [0.3, 0.4) is 0 Å². The van der Waals surface area contributed by atoms with Crippen molar-refractivity contribution in [1.82, 2.24) is 10.2 Å². The van der Waals surface area contributed by atoms with Crippen LogP contribution >= 0.6 is 0 Å². The molecule has 1 aliphatic heterocycles. The first kappa shape index (κ1) is 27.4. The summed E-state index contributed by atoms with van der Waals surface area (Å²) in [4.78, 5) is 40.1. The molecule has 3 aromatic carbocycles. The van der Waals surface area contributed by atoms with E-state index in [-0.39, 0.29) is 19.1 Å². The van der Waals surface area contributed by atoms with E-state index in [9.17, 15) is 19.5 Å². The van der Waals surface area contributed by atoms with Crippen LogP contribution in [-0.2, 0) is 25.7 Å². The molecule has 3 aromatic rings. The van der Waals surface area contributed by atoms with Gasteiger partial charge in [-0.25, -0.2) is 9.59 Å². The molecule has 0 saturated carbocycles. The molecule has 1 fully saturated rings. The van der Waals surface area contributed by atoms with Crippen LogP contribution in [0.25, 0.3) is 11.1 Å². The summed E-state index contributed by atoms with van der Waals surface area (Å²) in [6, 6.07) is 23.6. The summed E-state index contributed by atoms with van der Waals surface area (Å²) in [5.74, 6) is -1.66. The van der Waals surface area contributed by atoms with Gasteiger partial charge in [0.2, 0.25) is 5.91 Å². The molecule has 0 unspecified atom stereocenters. The number of piperidine rings is 1. The highest BCUT2D eigenvalue weighted by Gasteiger charge is 2.39. The van der Waals surface area contributed by atoms with Crippen molar-refractivity contribution < 1.29 is 29.0 Å². The first-order valence-electron chi connectivity index (χ1n) is 13.7. The molecule has 0 bridgehead atoms. The van der Waals surface area contributed by atoms with Gasteiger partial charge in [-0.1, -0.05) is 78.9 Å². The molecule has 2 amide bonds. The quantitative estimate of drug-likeness (QED) is 0.396. The summed E-state index contributed by atoms with van der Waals surface area (Å²) < 4.78 is 11.7. The number of amides is 2. The first-order chi connectivity index (χ1) is 19.4. The Kier molecular flexibility index (Phi) is 8.45. The van der Waals surface area contributed by atoms with Gasteiger partial charge < -0.3 is 24.8 Å². The van der Waals surface area contributed by atoms with Gasteiger partial charge in [-0.2, -0.15) is 0 Å². The highest BCUT2D eigenvalue weighted by molar-refractivity contribution is 5.90. The highest BCUT2D eigenvalue weighted by Crippen LogP contribution is 2.44. The second-order valence-corrected chi connectivity index (χ2v) is 10.3. The predicted molar refractivity (Wildman–Crippen MR) is 150 cm³/mol. The van der Waals surface area contributed by atoms with Gasteiger partial charge >= 0.3 is 12.1 Å². The van der Waals surface area contributed by atoms with Crippen LogP contribution in [-0.4, -0.2) is 59.3 Å². The van der Waals surface area contributed by atoms with Gasteiger partial charge in [0.05, 0.1) is 12.7 Å². The number of ether oxygens (including phenoxy) is 2. The summed E-state index contributed by atoms with van der Waals surface area (Å²) >= 11 is 0. The fourth-order valence-corrected chi connectivity index (χ4v) is 5.68. The van der Waals surface area contributed by atoms with E-state index in [0.717, 1.165) is 34.2 Å². The zero-order valence-electron chi connectivity index (χ0n) is 22.5. The van der Waals surface area contributed by atoms with Crippen LogP contribution in [0.15, 0.2) is 78.9 Å². The monoisotopic (exact) mass is 542 g/mol. The second-order valence-electron chi connectivity index (χ2n) is 10.3. The molecule has 0 radical (unpaired) electrons. The lowest BCUT2D eigenvalue weighted by Crippen LogP contribution is -2.59. The third-order valence-corrected chi connectivity index (χ3v) is 7.78. The van der Waals surface area contributed by atoms with Gasteiger partial charge in [0.25, 0.3) is 0 Å². The van der Waals surface area contributed by atoms with E-state index >= 15 is 0 Å². The minimum Gasteiger partial charge on any atom is -0.480 e. The second kappa shape index (κ2) is 12.3. The van der Waals surface area contributed by atoms with E-state index in [4.69, 9.17) is 9.47 Å². The Morgan fingerprint density at radius 1 is 0.925 bits per heavy atom. The van der Waals surface area contributed by atoms with Gasteiger partial charge in [-0.15, -0.1) is 0 Å². The van der Waals surface area contributed by atoms with Crippen molar-refractivity contribution in [2.45, 2.75) is 56.9 Å². The number of aliphatic carboxylic acids is 1. The van der Waals surface area contributed by atoms with Crippen LogP contribution in [0, 0.1) is 0 Å². The number of carboxylic acid groups (broad SMARTS) is 1. The molecule has 1 aliphatic carbocycles. The number of hydrogen-bond acceptors (Lipinski definition) is 5. The fourth-order valence-electron chi connectivity index (χ4n) is 5.68. The predicted octanol–water partition coefficient (Wildman–Crippen LogP) is 4.96. The molecule has 3 atom stereocenters. The Labute approximate surface area is 233 Å². The Balaban J connectivity index is 1.31. The number of nitrogens with one attached hydrogen (secondary N) is 1. The summed E-state index contributed by atoms with van der Waals surface area (Å²) in [5.41, 5.74) is 5.33. The molecule has 40 heavy (non-hydrogen) atoms. The Bertz CT molecular complexity index is 1310. The van der Waals surface area contributed by atoms with Crippen LogP contribution in [0.2, 0.25) is 0 Å². The number of carbonyl (C=O) groups excluding carboxylic acids is 2. The number of rotatable bonds is 9. The van der Waals surface area contributed by atoms with Crippen molar-refractivity contribution in [2.75, 3.05) is 13.2 Å². The number of carboxylic acids is 1. The van der Waals surface area contributed by atoms with Crippen molar-refractivity contribution in [3.63, 3.8) is 0 Å². The van der Waals surface area contributed by atoms with Crippen molar-refractivity contribution >= 4 is 18.0 Å². The van der Waals surface area contributed by atoms with E-state index in [2.05, 4.69) is 17.4 Å². The third kappa shape index (κ3) is 5.87. The number of alkyl carbamates (subject to hydrolysis) is 1. The molecule has 8 nitrogen and oxygen atoms in total. The fraction of sp³-hybridized carbons (Fsp3) is 0.344. The van der Waals surface area contributed by atoms with Gasteiger partial charge in [-0.05, 0) is 54.0 Å². The minimum absolute atomic E-state index is 0.0987. The number of benzene rings is 3. The Morgan fingerprint density at radius 3 is 2.20 bits per heavy atom. The standard InChI is InChI=1S/C32H34N2O6/c1-21(39-19-22-11-3-2-4-12-22)29(30(35)34-18-10-9-17-28(34)31(36)37)33-32(38)40-20-27-25-15-7-5-13-23(25)24-14-6-8-16-26(24)27/h2-8,11-16,21,27-29H,9-10,17-20H2,1H3,(H,33,38)(H,36,37)/t21-,28+,29+/m0/s1. The third-order valence-electron chi connectivity index (χ3n) is 7.78. The average molecular weight is 543 g/mol. The number of nitrogens with zero attached hydrogens (tertiary/aromatic N) is 1. The summed E-state index contributed by atoms with van der Waals surface area (Å²) in [5, 5.41) is 12.5. The molecular formula is C32H34N2O6. The number of likely N-dealkylation sites (tertiary alicyclic amines) is 1. The van der Waals surface area contributed by atoms with E-state index in [1.807, 2.05) is 66.7 Å². The smallest absolute Gasteiger partial charge is 0.407 e. The lowest BCUT2D eigenvalue weighted by atomic mass is 9.98. The van der Waals surface area contributed by atoms with Crippen molar-refractivity contribution in [1.29, 1.82) is 0 Å². The van der Waals surface area contributed by atoms with Crippen molar-refractivity contribution in [2.24, 2.45) is 0 Å². The van der Waals surface area contributed by atoms with E-state index in [0.29, 0.717) is 19.4 Å². The lowest BCUT2D eigenvalue weighted by molar-refractivity contribution is -0.154. The van der Waals surface area contributed by atoms with Gasteiger partial charge in [0, 0.05) is 12.5 Å². The number of hydrogen-bond donors (Lipinski definition) is 2. The zero-order chi connectivity index (χ0) is 28.1. The van der Waals surface area contributed by atoms with Crippen LogP contribution in [0.1, 0.15) is 48.8 Å². The SMILES string of the molecule is C[C@H](OCc1ccccc1)[C@@H](NC(=O)OCC1c2ccccc2-c2ccccc21)C(=O)N1CCCC[C@@H]1C(=O)O. The Morgan fingerprint density at radius 2 is 1.55 bits per heavy atom. The van der Waals surface area contributed by atoms with E-state index in [1.165, 1.54) is 4.90 Å². The van der Waals surface area contributed by atoms with Crippen LogP contribution < -0.4 is 5.32 Å². The lowest BCUT2D eigenvalue weighted by Gasteiger charge is -2.36. The molecule has 2 N–H and O–H groups in total. The van der Waals surface area contributed by atoms with E-state index < -0.39 is 36.2 Å². The van der Waals surface area contributed by atoms with Crippen molar-refractivity contribution in [3.05, 3.63) is 95.6 Å². The van der Waals surface area contributed by atoms with Gasteiger partial charge in [0.15, 0.2) is 0 Å². The van der Waals surface area contributed by atoms with Gasteiger partial charge in [-0.3, -0.25) is 4.79 Å². The Hall–Kier alpha value is -4.17. The van der Waals surface area contributed by atoms with Crippen LogP contribution in [0.5, 0.6) is 0 Å². The largest absolute Gasteiger partial charge is 0.480 e. The minimum atomic E-state index is -1.11. The topological polar surface area (TPSA) is 105 Å². The van der Waals surface area contributed by atoms with Crippen LogP contribution in [0.4, 0.5) is 4.79 Å². The molecule has 2 aliphatic rings. The highest BCUT2D eigenvalue weighted by atomic mass is 16.5. The molecule has 8 heteroatoms. The molecule has 208 valence electrons. The maximum atomic E-state index is 13.7. The maximum absolute atomic E-state index is 13.7. The molecule has 1 heterocycles. The zero-order valence-corrected chi connectivity index (χ0v) is 22.5. The summed E-state index contributed by atoms with van der Waals surface area (Å²) in [6.45, 7) is 2.35. The molecule has 1 saturated heterocycles. The molecule has 0 aromatic heterocycles. The van der Waals surface area contributed by atoms with Gasteiger partial charge in [0.1, 0.15) is 18.7 Å². The molecule has 5 rings (SSSR count). The normalized spacial score (nSPS) is 17.8.